The van der Waals surface area contributed by atoms with Gasteiger partial charge in [0.1, 0.15) is 24.4 Å². The largest absolute Gasteiger partial charge is 0.394 e. The van der Waals surface area contributed by atoms with Crippen molar-refractivity contribution >= 4 is 34.3 Å². The molecule has 1 aliphatic rings. The van der Waals surface area contributed by atoms with Gasteiger partial charge in [0.05, 0.1) is 17.1 Å². The van der Waals surface area contributed by atoms with E-state index in [-0.39, 0.29) is 0 Å². The van der Waals surface area contributed by atoms with Crippen molar-refractivity contribution in [1.29, 1.82) is 0 Å². The number of aliphatic hydroxyl groups is 4. The lowest BCUT2D eigenvalue weighted by atomic mass is 9.98. The van der Waals surface area contributed by atoms with Gasteiger partial charge in [0, 0.05) is 21.4 Å². The lowest BCUT2D eigenvalue weighted by Gasteiger charge is -2.40. The Bertz CT molecular complexity index is 1040. The summed E-state index contributed by atoms with van der Waals surface area (Å²) in [6.45, 7) is 0.0999. The zero-order chi connectivity index (χ0) is 22.1. The van der Waals surface area contributed by atoms with E-state index in [4.69, 9.17) is 22.1 Å². The molecule has 2 aromatic carbocycles. The molecule has 0 amide bonds. The minimum absolute atomic E-state index is 0.458. The van der Waals surface area contributed by atoms with Crippen LogP contribution in [-0.2, 0) is 11.2 Å². The Morgan fingerprint density at radius 1 is 1.03 bits per heavy atom. The molecule has 2 heterocycles. The van der Waals surface area contributed by atoms with Crippen molar-refractivity contribution in [2.45, 2.75) is 46.9 Å². The number of nitrogens with zero attached hydrogens (tertiary/aromatic N) is 1. The van der Waals surface area contributed by atoms with Crippen molar-refractivity contribution in [1.82, 2.24) is 4.57 Å². The van der Waals surface area contributed by atoms with E-state index in [1.807, 2.05) is 42.6 Å². The first-order chi connectivity index (χ1) is 14.9. The molecule has 166 valence electrons. The molecular weight excluding hydrogens is 440 g/mol. The van der Waals surface area contributed by atoms with Crippen molar-refractivity contribution in [2.24, 2.45) is 5.73 Å². The number of benzene rings is 2. The smallest absolute Gasteiger partial charge is 0.163 e. The minimum Gasteiger partial charge on any atom is -0.394 e. The highest BCUT2D eigenvalue weighted by Gasteiger charge is 2.44. The van der Waals surface area contributed by atoms with Crippen molar-refractivity contribution < 1.29 is 25.2 Å². The summed E-state index contributed by atoms with van der Waals surface area (Å²) < 4.78 is 7.42. The van der Waals surface area contributed by atoms with Crippen LogP contribution in [0.15, 0.2) is 58.5 Å². The molecule has 0 spiro atoms. The monoisotopic (exact) mass is 464 g/mol. The Hall–Kier alpha value is -1.62. The molecule has 1 saturated heterocycles. The SMILES string of the molecule is NCCc1ccc(Sc2cn([C@@H]3O[C@H](CO)[C@@H](O)[C@H](O)[C@H]3O)c3c(Cl)cccc23)cc1. The summed E-state index contributed by atoms with van der Waals surface area (Å²) in [6, 6.07) is 13.6. The number of ether oxygens (including phenoxy) is 1. The van der Waals surface area contributed by atoms with Crippen LogP contribution in [0.2, 0.25) is 5.02 Å². The van der Waals surface area contributed by atoms with Crippen molar-refractivity contribution in [3.63, 3.8) is 0 Å². The Morgan fingerprint density at radius 2 is 1.77 bits per heavy atom. The van der Waals surface area contributed by atoms with Gasteiger partial charge in [0.25, 0.3) is 0 Å². The van der Waals surface area contributed by atoms with Crippen molar-refractivity contribution in [3.05, 3.63) is 59.2 Å². The molecule has 5 atom stereocenters. The number of aromatic nitrogens is 1. The standard InChI is InChI=1S/C22H25ClN2O5S/c23-15-3-1-2-14-17(31-13-6-4-12(5-7-13)8-9-24)10-25(18(14)15)22-21(29)20(28)19(27)16(11-26)30-22/h1-7,10,16,19-22,26-29H,8-9,11,24H2/t16-,19-,20+,21-,22-/m1/s1. The molecule has 1 aliphatic heterocycles. The van der Waals surface area contributed by atoms with E-state index in [1.54, 1.807) is 10.6 Å². The van der Waals surface area contributed by atoms with Gasteiger partial charge in [0.15, 0.2) is 6.23 Å². The molecule has 9 heteroatoms. The Morgan fingerprint density at radius 3 is 2.45 bits per heavy atom. The van der Waals surface area contributed by atoms with Gasteiger partial charge in [-0.3, -0.25) is 0 Å². The molecular formula is C22H25ClN2O5S. The third-order valence-corrected chi connectivity index (χ3v) is 6.85. The van der Waals surface area contributed by atoms with Crippen LogP contribution in [0.4, 0.5) is 0 Å². The average Bonchev–Trinajstić information content (AvgIpc) is 3.13. The fourth-order valence-electron chi connectivity index (χ4n) is 3.85. The molecule has 3 aromatic rings. The van der Waals surface area contributed by atoms with E-state index >= 15 is 0 Å². The first kappa shape index (κ1) is 22.6. The first-order valence-corrected chi connectivity index (χ1v) is 11.2. The summed E-state index contributed by atoms with van der Waals surface area (Å²) in [5, 5.41) is 41.8. The van der Waals surface area contributed by atoms with Gasteiger partial charge in [-0.15, -0.1) is 0 Å². The summed E-state index contributed by atoms with van der Waals surface area (Å²) in [7, 11) is 0. The van der Waals surface area contributed by atoms with Crippen LogP contribution in [0, 0.1) is 0 Å². The van der Waals surface area contributed by atoms with E-state index in [2.05, 4.69) is 0 Å². The van der Waals surface area contributed by atoms with E-state index in [9.17, 15) is 20.4 Å². The molecule has 31 heavy (non-hydrogen) atoms. The topological polar surface area (TPSA) is 121 Å². The van der Waals surface area contributed by atoms with Gasteiger partial charge in [-0.2, -0.15) is 0 Å². The normalized spacial score (nSPS) is 26.5. The quantitative estimate of drug-likeness (QED) is 0.378. The first-order valence-electron chi connectivity index (χ1n) is 10.0. The van der Waals surface area contributed by atoms with Crippen LogP contribution >= 0.6 is 23.4 Å². The van der Waals surface area contributed by atoms with Crippen LogP contribution in [-0.4, -0.2) is 62.6 Å². The number of para-hydroxylation sites is 1. The van der Waals surface area contributed by atoms with Gasteiger partial charge in [0.2, 0.25) is 0 Å². The number of nitrogens with two attached hydrogens (primary N) is 1. The van der Waals surface area contributed by atoms with E-state index in [0.717, 1.165) is 21.6 Å². The van der Waals surface area contributed by atoms with Crippen LogP contribution in [0.5, 0.6) is 0 Å². The lowest BCUT2D eigenvalue weighted by molar-refractivity contribution is -0.250. The van der Waals surface area contributed by atoms with Crippen molar-refractivity contribution in [2.75, 3.05) is 13.2 Å². The zero-order valence-corrected chi connectivity index (χ0v) is 18.2. The predicted octanol–water partition coefficient (Wildman–Crippen LogP) is 1.92. The number of aliphatic hydroxyl groups excluding tert-OH is 4. The molecule has 0 saturated carbocycles. The molecule has 7 nitrogen and oxygen atoms in total. The number of fused-ring (bicyclic) bond motifs is 1. The maximum atomic E-state index is 10.6. The zero-order valence-electron chi connectivity index (χ0n) is 16.6. The second-order valence-electron chi connectivity index (χ2n) is 7.54. The highest BCUT2D eigenvalue weighted by molar-refractivity contribution is 7.99. The molecule has 6 N–H and O–H groups in total. The lowest BCUT2D eigenvalue weighted by Crippen LogP contribution is -2.56. The minimum atomic E-state index is -1.47. The Kier molecular flexibility index (Phi) is 6.90. The van der Waals surface area contributed by atoms with Crippen LogP contribution in [0.3, 0.4) is 0 Å². The summed E-state index contributed by atoms with van der Waals surface area (Å²) in [5.74, 6) is 0. The van der Waals surface area contributed by atoms with E-state index in [0.29, 0.717) is 17.1 Å². The van der Waals surface area contributed by atoms with Crippen molar-refractivity contribution in [3.8, 4) is 0 Å². The summed E-state index contributed by atoms with van der Waals surface area (Å²) >= 11 is 8.03. The maximum Gasteiger partial charge on any atom is 0.163 e. The fraction of sp³-hybridized carbons (Fsp3) is 0.364. The van der Waals surface area contributed by atoms with Gasteiger partial charge >= 0.3 is 0 Å². The molecule has 0 aliphatic carbocycles. The average molecular weight is 465 g/mol. The molecule has 0 bridgehead atoms. The molecule has 4 rings (SSSR count). The van der Waals surface area contributed by atoms with E-state index in [1.165, 1.54) is 17.3 Å². The predicted molar refractivity (Wildman–Crippen MR) is 119 cm³/mol. The Labute approximate surface area is 189 Å². The number of halogens is 1. The van der Waals surface area contributed by atoms with Gasteiger partial charge in [-0.05, 0) is 36.7 Å². The molecule has 0 radical (unpaired) electrons. The van der Waals surface area contributed by atoms with E-state index < -0.39 is 37.3 Å². The summed E-state index contributed by atoms with van der Waals surface area (Å²) in [5.41, 5.74) is 7.42. The number of hydrogen-bond donors (Lipinski definition) is 5. The van der Waals surface area contributed by atoms with Gasteiger partial charge < -0.3 is 35.5 Å². The number of rotatable bonds is 6. The summed E-state index contributed by atoms with van der Waals surface area (Å²) in [6.07, 6.45) is -3.71. The van der Waals surface area contributed by atoms with Crippen LogP contribution in [0.1, 0.15) is 11.8 Å². The highest BCUT2D eigenvalue weighted by atomic mass is 35.5. The number of hydrogen-bond acceptors (Lipinski definition) is 7. The second kappa shape index (κ2) is 9.48. The second-order valence-corrected chi connectivity index (χ2v) is 9.06. The van der Waals surface area contributed by atoms with Crippen LogP contribution in [0.25, 0.3) is 10.9 Å². The van der Waals surface area contributed by atoms with Crippen LogP contribution < -0.4 is 5.73 Å². The maximum absolute atomic E-state index is 10.6. The Balaban J connectivity index is 1.73. The third kappa shape index (κ3) is 4.35. The molecule has 1 fully saturated rings. The van der Waals surface area contributed by atoms with Gasteiger partial charge in [-0.1, -0.05) is 47.6 Å². The summed E-state index contributed by atoms with van der Waals surface area (Å²) in [4.78, 5) is 1.91. The third-order valence-electron chi connectivity index (χ3n) is 5.49. The molecule has 0 unspecified atom stereocenters. The molecule has 1 aromatic heterocycles. The van der Waals surface area contributed by atoms with Gasteiger partial charge in [-0.25, -0.2) is 0 Å². The fourth-order valence-corrected chi connectivity index (χ4v) is 5.09. The highest BCUT2D eigenvalue weighted by Crippen LogP contribution is 2.41.